The number of carbonyl (C=O) groups is 1. The minimum atomic E-state index is -3.73. The van der Waals surface area contributed by atoms with Crippen LogP contribution in [0.3, 0.4) is 0 Å². The van der Waals surface area contributed by atoms with E-state index in [0.717, 1.165) is 23.5 Å². The smallest absolute Gasteiger partial charge is 0.347 e. The Balaban J connectivity index is 3.06. The maximum absolute atomic E-state index is 12.4. The second-order valence-electron chi connectivity index (χ2n) is 4.06. The Hall–Kier alpha value is -0.570. The highest BCUT2D eigenvalue weighted by Gasteiger charge is 2.29. The van der Waals surface area contributed by atoms with Crippen LogP contribution >= 0.6 is 23.1 Å². The lowest BCUT2D eigenvalue weighted by Crippen LogP contribution is -2.29. The van der Waals surface area contributed by atoms with Gasteiger partial charge in [0.25, 0.3) is 0 Å². The molecule has 0 radical (unpaired) electrons. The van der Waals surface area contributed by atoms with Gasteiger partial charge < -0.3 is 5.11 Å². The van der Waals surface area contributed by atoms with Crippen LogP contribution in [-0.2, 0) is 10.0 Å². The third kappa shape index (κ3) is 3.71. The van der Waals surface area contributed by atoms with Crippen molar-refractivity contribution in [1.82, 2.24) is 4.31 Å². The van der Waals surface area contributed by atoms with Gasteiger partial charge >= 0.3 is 5.97 Å². The number of thioether (sulfide) groups is 1. The molecule has 1 aromatic heterocycles. The van der Waals surface area contributed by atoms with Gasteiger partial charge in [-0.05, 0) is 36.3 Å². The fraction of sp³-hybridized carbons (Fsp3) is 0.545. The highest BCUT2D eigenvalue weighted by molar-refractivity contribution is 7.98. The van der Waals surface area contributed by atoms with Gasteiger partial charge in [-0.15, -0.1) is 11.3 Å². The first-order valence-corrected chi connectivity index (χ1v) is 9.30. The Morgan fingerprint density at radius 1 is 1.53 bits per heavy atom. The van der Waals surface area contributed by atoms with Gasteiger partial charge in [0.05, 0.1) is 0 Å². The molecule has 0 fully saturated rings. The lowest BCUT2D eigenvalue weighted by atomic mass is 10.3. The van der Waals surface area contributed by atoms with Crippen LogP contribution in [0.5, 0.6) is 0 Å². The van der Waals surface area contributed by atoms with Crippen molar-refractivity contribution in [2.75, 3.05) is 25.6 Å². The van der Waals surface area contributed by atoms with E-state index in [-0.39, 0.29) is 9.77 Å². The number of sulfonamides is 1. The molecule has 108 valence electrons. The average Bonchev–Trinajstić information content (AvgIpc) is 2.72. The van der Waals surface area contributed by atoms with Crippen LogP contribution in [0.25, 0.3) is 0 Å². The molecular formula is C11H17NO4S3. The Morgan fingerprint density at radius 2 is 2.16 bits per heavy atom. The predicted octanol–water partition coefficient (Wildman–Crippen LogP) is 2.13. The monoisotopic (exact) mass is 323 g/mol. The molecule has 1 N–H and O–H groups in total. The standard InChI is InChI=1S/C11H17NO4S3/c1-8-7-18-9(11(13)14)10(8)19(15,16)12(2)5-4-6-17-3/h7H,4-6H2,1-3H3,(H,13,14). The number of aromatic carboxylic acids is 1. The highest BCUT2D eigenvalue weighted by Crippen LogP contribution is 2.29. The molecule has 0 aliphatic heterocycles. The zero-order chi connectivity index (χ0) is 14.6. The van der Waals surface area contributed by atoms with Crippen molar-refractivity contribution < 1.29 is 18.3 Å². The van der Waals surface area contributed by atoms with Gasteiger partial charge in [-0.3, -0.25) is 0 Å². The van der Waals surface area contributed by atoms with Gasteiger partial charge in [0.15, 0.2) is 0 Å². The second kappa shape index (κ2) is 6.74. The van der Waals surface area contributed by atoms with Crippen molar-refractivity contribution >= 4 is 39.1 Å². The van der Waals surface area contributed by atoms with Crippen LogP contribution < -0.4 is 0 Å². The average molecular weight is 323 g/mol. The fourth-order valence-corrected chi connectivity index (χ4v) is 4.81. The van der Waals surface area contributed by atoms with Crippen LogP contribution in [-0.4, -0.2) is 49.4 Å². The minimum absolute atomic E-state index is 0.0725. The molecule has 19 heavy (non-hydrogen) atoms. The van der Waals surface area contributed by atoms with E-state index < -0.39 is 16.0 Å². The number of nitrogens with zero attached hydrogens (tertiary/aromatic N) is 1. The third-order valence-corrected chi connectivity index (χ3v) is 6.56. The van der Waals surface area contributed by atoms with E-state index in [1.165, 1.54) is 11.4 Å². The molecule has 0 bridgehead atoms. The topological polar surface area (TPSA) is 74.7 Å². The number of carboxylic acids is 1. The number of rotatable bonds is 7. The molecule has 0 saturated carbocycles. The van der Waals surface area contributed by atoms with Crippen LogP contribution in [0.4, 0.5) is 0 Å². The van der Waals surface area contributed by atoms with Crippen molar-refractivity contribution in [3.05, 3.63) is 15.8 Å². The summed E-state index contributed by atoms with van der Waals surface area (Å²) in [6.07, 6.45) is 2.70. The molecule has 0 saturated heterocycles. The van der Waals surface area contributed by atoms with Gasteiger partial charge in [0, 0.05) is 13.6 Å². The number of hydrogen-bond acceptors (Lipinski definition) is 5. The maximum atomic E-state index is 12.4. The lowest BCUT2D eigenvalue weighted by Gasteiger charge is -2.17. The van der Waals surface area contributed by atoms with Gasteiger partial charge in [-0.25, -0.2) is 17.5 Å². The number of aryl methyl sites for hydroxylation is 1. The zero-order valence-corrected chi connectivity index (χ0v) is 13.5. The molecule has 0 aliphatic rings. The third-order valence-electron chi connectivity index (χ3n) is 2.60. The van der Waals surface area contributed by atoms with Crippen LogP contribution in [0.2, 0.25) is 0 Å². The molecule has 0 aromatic carbocycles. The van der Waals surface area contributed by atoms with E-state index in [2.05, 4.69) is 0 Å². The summed E-state index contributed by atoms with van der Waals surface area (Å²) < 4.78 is 26.0. The summed E-state index contributed by atoms with van der Waals surface area (Å²) >= 11 is 2.60. The maximum Gasteiger partial charge on any atom is 0.347 e. The summed E-state index contributed by atoms with van der Waals surface area (Å²) in [6.45, 7) is 2.00. The molecule has 0 aliphatic carbocycles. The molecule has 0 amide bonds. The molecule has 1 aromatic rings. The Labute approximate surface area is 121 Å². The van der Waals surface area contributed by atoms with Crippen molar-refractivity contribution in [2.45, 2.75) is 18.2 Å². The molecule has 0 atom stereocenters. The summed E-state index contributed by atoms with van der Waals surface area (Å²) in [5.74, 6) is -0.331. The molecule has 1 heterocycles. The summed E-state index contributed by atoms with van der Waals surface area (Å²) in [4.78, 5) is 10.9. The van der Waals surface area contributed by atoms with Gasteiger partial charge in [0.1, 0.15) is 9.77 Å². The van der Waals surface area contributed by atoms with Crippen LogP contribution in [0.1, 0.15) is 21.7 Å². The van der Waals surface area contributed by atoms with E-state index in [1.807, 2.05) is 6.26 Å². The van der Waals surface area contributed by atoms with E-state index >= 15 is 0 Å². The quantitative estimate of drug-likeness (QED) is 0.778. The van der Waals surface area contributed by atoms with E-state index in [1.54, 1.807) is 24.1 Å². The first kappa shape index (κ1) is 16.5. The van der Waals surface area contributed by atoms with Crippen molar-refractivity contribution in [3.63, 3.8) is 0 Å². The zero-order valence-electron chi connectivity index (χ0n) is 11.0. The van der Waals surface area contributed by atoms with Crippen molar-refractivity contribution in [2.24, 2.45) is 0 Å². The van der Waals surface area contributed by atoms with Gasteiger partial charge in [-0.1, -0.05) is 0 Å². The Morgan fingerprint density at radius 3 is 2.68 bits per heavy atom. The highest BCUT2D eigenvalue weighted by atomic mass is 32.2. The number of hydrogen-bond donors (Lipinski definition) is 1. The first-order chi connectivity index (χ1) is 8.82. The number of thiophene rings is 1. The SMILES string of the molecule is CSCCCN(C)S(=O)(=O)c1c(C)csc1C(=O)O. The van der Waals surface area contributed by atoms with E-state index in [0.29, 0.717) is 12.1 Å². The predicted molar refractivity (Wildman–Crippen MR) is 78.8 cm³/mol. The van der Waals surface area contributed by atoms with E-state index in [4.69, 9.17) is 5.11 Å². The molecule has 0 spiro atoms. The molecule has 0 unspecified atom stereocenters. The number of carboxylic acid groups (broad SMARTS) is 1. The van der Waals surface area contributed by atoms with Crippen LogP contribution in [0.15, 0.2) is 10.3 Å². The summed E-state index contributed by atoms with van der Waals surface area (Å²) in [6, 6.07) is 0. The van der Waals surface area contributed by atoms with Gasteiger partial charge in [-0.2, -0.15) is 11.8 Å². The van der Waals surface area contributed by atoms with Crippen LogP contribution in [0, 0.1) is 6.92 Å². The van der Waals surface area contributed by atoms with Crippen molar-refractivity contribution in [3.8, 4) is 0 Å². The summed E-state index contributed by atoms with van der Waals surface area (Å²) in [7, 11) is -2.24. The summed E-state index contributed by atoms with van der Waals surface area (Å²) in [5.41, 5.74) is 0.485. The summed E-state index contributed by atoms with van der Waals surface area (Å²) in [5, 5.41) is 10.6. The first-order valence-electron chi connectivity index (χ1n) is 5.59. The second-order valence-corrected chi connectivity index (χ2v) is 7.90. The minimum Gasteiger partial charge on any atom is -0.477 e. The largest absolute Gasteiger partial charge is 0.477 e. The van der Waals surface area contributed by atoms with Crippen molar-refractivity contribution in [1.29, 1.82) is 0 Å². The van der Waals surface area contributed by atoms with E-state index in [9.17, 15) is 13.2 Å². The molecule has 8 heteroatoms. The Kier molecular flexibility index (Phi) is 5.84. The normalized spacial score (nSPS) is 12.0. The molecule has 1 rings (SSSR count). The fourth-order valence-electron chi connectivity index (χ4n) is 1.61. The lowest BCUT2D eigenvalue weighted by molar-refractivity contribution is 0.0698. The molecule has 5 nitrogen and oxygen atoms in total. The Bertz CT molecular complexity index is 550. The van der Waals surface area contributed by atoms with Gasteiger partial charge in [0.2, 0.25) is 10.0 Å². The molecular weight excluding hydrogens is 306 g/mol.